The summed E-state index contributed by atoms with van der Waals surface area (Å²) in [5.41, 5.74) is -0.678. The molecule has 1 aliphatic rings. The van der Waals surface area contributed by atoms with Crippen molar-refractivity contribution in [3.05, 3.63) is 0 Å². The molecule has 0 spiro atoms. The van der Waals surface area contributed by atoms with Crippen molar-refractivity contribution >= 4 is 12.0 Å². The van der Waals surface area contributed by atoms with Gasteiger partial charge >= 0.3 is 12.0 Å². The second-order valence-corrected chi connectivity index (χ2v) is 5.24. The summed E-state index contributed by atoms with van der Waals surface area (Å²) >= 11 is 0. The lowest BCUT2D eigenvalue weighted by Gasteiger charge is -2.37. The van der Waals surface area contributed by atoms with Gasteiger partial charge in [0.2, 0.25) is 0 Å². The molecule has 1 aliphatic heterocycles. The van der Waals surface area contributed by atoms with Crippen LogP contribution < -0.4 is 5.32 Å². The fourth-order valence-corrected chi connectivity index (χ4v) is 1.85. The molecule has 1 rings (SSSR count). The summed E-state index contributed by atoms with van der Waals surface area (Å²) in [6.45, 7) is 7.28. The third-order valence-corrected chi connectivity index (χ3v) is 3.29. The molecule has 2 amide bonds. The largest absolute Gasteiger partial charge is 0.480 e. The smallest absolute Gasteiger partial charge is 0.320 e. The highest BCUT2D eigenvalue weighted by Gasteiger charge is 2.28. The van der Waals surface area contributed by atoms with Crippen LogP contribution in [0.25, 0.3) is 0 Å². The number of urea groups is 1. The zero-order chi connectivity index (χ0) is 14.6. The monoisotopic (exact) mass is 267 g/mol. The minimum Gasteiger partial charge on any atom is -0.480 e. The third kappa shape index (κ3) is 4.14. The van der Waals surface area contributed by atoms with E-state index in [-0.39, 0.29) is 6.03 Å². The van der Waals surface area contributed by atoms with Gasteiger partial charge in [0, 0.05) is 26.2 Å². The lowest BCUT2D eigenvalue weighted by Crippen LogP contribution is -2.57. The fraction of sp³-hybridized carbons (Fsp3) is 0.692. The first-order chi connectivity index (χ1) is 8.76. The SMILES string of the molecule is C#CC(C)(C)NC(=O)N1CCN(C(C)C(=O)O)CC1. The Morgan fingerprint density at radius 1 is 1.32 bits per heavy atom. The molecule has 1 atom stereocenters. The molecule has 1 saturated heterocycles. The van der Waals surface area contributed by atoms with Gasteiger partial charge in [-0.05, 0) is 20.8 Å². The molecule has 1 heterocycles. The number of hydrogen-bond acceptors (Lipinski definition) is 3. The first-order valence-electron chi connectivity index (χ1n) is 6.28. The van der Waals surface area contributed by atoms with Gasteiger partial charge in [-0.1, -0.05) is 5.92 Å². The van der Waals surface area contributed by atoms with Gasteiger partial charge in [0.25, 0.3) is 0 Å². The quantitative estimate of drug-likeness (QED) is 0.716. The molecule has 0 aliphatic carbocycles. The van der Waals surface area contributed by atoms with E-state index in [1.54, 1.807) is 25.7 Å². The second-order valence-electron chi connectivity index (χ2n) is 5.24. The second kappa shape index (κ2) is 5.93. The Bertz CT molecular complexity index is 392. The molecular weight excluding hydrogens is 246 g/mol. The Hall–Kier alpha value is -1.74. The number of aliphatic carboxylic acids is 1. The summed E-state index contributed by atoms with van der Waals surface area (Å²) in [6.07, 6.45) is 5.32. The lowest BCUT2D eigenvalue weighted by atomic mass is 10.1. The number of hydrogen-bond donors (Lipinski definition) is 2. The van der Waals surface area contributed by atoms with Crippen LogP contribution in [0.2, 0.25) is 0 Å². The van der Waals surface area contributed by atoms with Gasteiger partial charge in [-0.25, -0.2) is 4.79 Å². The molecule has 19 heavy (non-hydrogen) atoms. The van der Waals surface area contributed by atoms with E-state index in [1.807, 2.05) is 4.90 Å². The Balaban J connectivity index is 2.48. The van der Waals surface area contributed by atoms with E-state index >= 15 is 0 Å². The number of nitrogens with one attached hydrogen (secondary N) is 1. The number of carboxylic acid groups (broad SMARTS) is 1. The minimum atomic E-state index is -0.841. The van der Waals surface area contributed by atoms with Crippen molar-refractivity contribution in [2.24, 2.45) is 0 Å². The zero-order valence-electron chi connectivity index (χ0n) is 11.6. The van der Waals surface area contributed by atoms with Crippen LogP contribution in [-0.4, -0.2) is 64.7 Å². The van der Waals surface area contributed by atoms with E-state index < -0.39 is 17.6 Å². The van der Waals surface area contributed by atoms with Crippen molar-refractivity contribution in [2.45, 2.75) is 32.4 Å². The van der Waals surface area contributed by atoms with E-state index in [1.165, 1.54) is 0 Å². The summed E-state index contributed by atoms with van der Waals surface area (Å²) in [5, 5.41) is 11.7. The molecule has 6 nitrogen and oxygen atoms in total. The highest BCUT2D eigenvalue weighted by molar-refractivity contribution is 5.76. The van der Waals surface area contributed by atoms with Gasteiger partial charge in [-0.3, -0.25) is 9.69 Å². The predicted octanol–water partition coefficient (Wildman–Crippen LogP) is 0.199. The molecule has 0 saturated carbocycles. The number of amides is 2. The molecule has 0 aromatic carbocycles. The maximum Gasteiger partial charge on any atom is 0.320 e. The van der Waals surface area contributed by atoms with Gasteiger partial charge in [0.05, 0.1) is 5.54 Å². The highest BCUT2D eigenvalue weighted by Crippen LogP contribution is 2.08. The first kappa shape index (κ1) is 15.3. The number of nitrogens with zero attached hydrogens (tertiary/aromatic N) is 2. The number of carbonyl (C=O) groups is 2. The average Bonchev–Trinajstić information content (AvgIpc) is 2.37. The number of carbonyl (C=O) groups excluding carboxylic acids is 1. The Kier molecular flexibility index (Phi) is 4.78. The van der Waals surface area contributed by atoms with Crippen molar-refractivity contribution in [2.75, 3.05) is 26.2 Å². The molecule has 1 fully saturated rings. The van der Waals surface area contributed by atoms with Crippen molar-refractivity contribution in [1.82, 2.24) is 15.1 Å². The third-order valence-electron chi connectivity index (χ3n) is 3.29. The van der Waals surface area contributed by atoms with Crippen LogP contribution in [0.3, 0.4) is 0 Å². The van der Waals surface area contributed by atoms with Gasteiger partial charge in [-0.15, -0.1) is 6.42 Å². The summed E-state index contributed by atoms with van der Waals surface area (Å²) in [7, 11) is 0. The van der Waals surface area contributed by atoms with Crippen LogP contribution in [0.15, 0.2) is 0 Å². The number of rotatable bonds is 3. The van der Waals surface area contributed by atoms with Crippen molar-refractivity contribution < 1.29 is 14.7 Å². The van der Waals surface area contributed by atoms with Crippen molar-refractivity contribution in [1.29, 1.82) is 0 Å². The maximum absolute atomic E-state index is 12.0. The highest BCUT2D eigenvalue weighted by atomic mass is 16.4. The Morgan fingerprint density at radius 3 is 2.26 bits per heavy atom. The van der Waals surface area contributed by atoms with Gasteiger partial charge in [-0.2, -0.15) is 0 Å². The Labute approximate surface area is 113 Å². The van der Waals surface area contributed by atoms with E-state index in [2.05, 4.69) is 11.2 Å². The van der Waals surface area contributed by atoms with E-state index in [0.717, 1.165) is 0 Å². The van der Waals surface area contributed by atoms with Crippen LogP contribution in [0, 0.1) is 12.3 Å². The fourth-order valence-electron chi connectivity index (χ4n) is 1.85. The summed E-state index contributed by atoms with van der Waals surface area (Å²) in [4.78, 5) is 26.4. The number of carboxylic acids is 1. The van der Waals surface area contributed by atoms with Crippen molar-refractivity contribution in [3.63, 3.8) is 0 Å². The molecule has 1 unspecified atom stereocenters. The van der Waals surface area contributed by atoms with Crippen LogP contribution in [-0.2, 0) is 4.79 Å². The predicted molar refractivity (Wildman–Crippen MR) is 71.7 cm³/mol. The average molecular weight is 267 g/mol. The number of terminal acetylenes is 1. The summed E-state index contributed by atoms with van der Waals surface area (Å²) < 4.78 is 0. The minimum absolute atomic E-state index is 0.203. The van der Waals surface area contributed by atoms with Gasteiger partial charge in [0.1, 0.15) is 6.04 Å². The van der Waals surface area contributed by atoms with Crippen LogP contribution >= 0.6 is 0 Å². The standard InChI is InChI=1S/C13H21N3O3/c1-5-13(3,4)14-12(19)16-8-6-15(7-9-16)10(2)11(17)18/h1,10H,6-9H2,2-4H3,(H,14,19)(H,17,18). The molecule has 2 N–H and O–H groups in total. The lowest BCUT2D eigenvalue weighted by molar-refractivity contribution is -0.143. The molecule has 0 radical (unpaired) electrons. The van der Waals surface area contributed by atoms with E-state index in [4.69, 9.17) is 11.5 Å². The molecular formula is C13H21N3O3. The molecule has 0 bridgehead atoms. The number of piperazine rings is 1. The van der Waals surface area contributed by atoms with Crippen molar-refractivity contribution in [3.8, 4) is 12.3 Å². The summed E-state index contributed by atoms with van der Waals surface area (Å²) in [5.74, 6) is 1.67. The van der Waals surface area contributed by atoms with Crippen LogP contribution in [0.1, 0.15) is 20.8 Å². The first-order valence-corrected chi connectivity index (χ1v) is 6.28. The molecule has 106 valence electrons. The normalized spacial score (nSPS) is 18.5. The maximum atomic E-state index is 12.0. The topological polar surface area (TPSA) is 72.9 Å². The van der Waals surface area contributed by atoms with Gasteiger partial charge < -0.3 is 15.3 Å². The molecule has 0 aromatic rings. The van der Waals surface area contributed by atoms with E-state index in [0.29, 0.717) is 26.2 Å². The summed E-state index contributed by atoms with van der Waals surface area (Å²) in [6, 6.07) is -0.724. The molecule has 6 heteroatoms. The van der Waals surface area contributed by atoms with Gasteiger partial charge in [0.15, 0.2) is 0 Å². The van der Waals surface area contributed by atoms with Crippen LogP contribution in [0.5, 0.6) is 0 Å². The van der Waals surface area contributed by atoms with Crippen LogP contribution in [0.4, 0.5) is 4.79 Å². The molecule has 0 aromatic heterocycles. The Morgan fingerprint density at radius 2 is 1.84 bits per heavy atom. The zero-order valence-corrected chi connectivity index (χ0v) is 11.6. The van der Waals surface area contributed by atoms with E-state index in [9.17, 15) is 9.59 Å².